The molecule has 4 nitrogen and oxygen atoms in total. The number of hydrogen-bond acceptors (Lipinski definition) is 4. The van der Waals surface area contributed by atoms with Crippen LogP contribution >= 0.6 is 0 Å². The van der Waals surface area contributed by atoms with Crippen molar-refractivity contribution in [1.82, 2.24) is 0 Å². The van der Waals surface area contributed by atoms with Crippen molar-refractivity contribution in [3.63, 3.8) is 0 Å². The van der Waals surface area contributed by atoms with Gasteiger partial charge in [-0.05, 0) is 12.1 Å². The third-order valence-electron chi connectivity index (χ3n) is 3.71. The van der Waals surface area contributed by atoms with Crippen molar-refractivity contribution in [1.29, 1.82) is 0 Å². The monoisotopic (exact) mass is 320 g/mol. The molecule has 0 saturated heterocycles. The number of carbonyl (C=O) groups excluding carboxylic acids is 2. The van der Waals surface area contributed by atoms with Gasteiger partial charge in [-0.15, -0.1) is 0 Å². The van der Waals surface area contributed by atoms with E-state index in [1.54, 1.807) is 48.6 Å². The largest absolute Gasteiger partial charge is 0.486 e. The van der Waals surface area contributed by atoms with Gasteiger partial charge in [-0.3, -0.25) is 9.59 Å². The smallest absolute Gasteiger partial charge is 0.198 e. The van der Waals surface area contributed by atoms with E-state index in [0.29, 0.717) is 22.4 Å². The van der Waals surface area contributed by atoms with Gasteiger partial charge in [0.1, 0.15) is 13.2 Å². The third-order valence-corrected chi connectivity index (χ3v) is 3.71. The first kappa shape index (κ1) is 15.7. The third kappa shape index (κ3) is 2.52. The molecule has 1 aliphatic rings. The zero-order valence-corrected chi connectivity index (χ0v) is 13.1. The summed E-state index contributed by atoms with van der Waals surface area (Å²) in [5.41, 5.74) is 1.34. The van der Waals surface area contributed by atoms with Crippen molar-refractivity contribution < 1.29 is 19.1 Å². The molecule has 0 N–H and O–H groups in total. The van der Waals surface area contributed by atoms with Gasteiger partial charge >= 0.3 is 0 Å². The van der Waals surface area contributed by atoms with Crippen molar-refractivity contribution in [3.05, 3.63) is 84.0 Å². The average Bonchev–Trinajstić information content (AvgIpc) is 2.62. The maximum Gasteiger partial charge on any atom is 0.198 e. The summed E-state index contributed by atoms with van der Waals surface area (Å²) in [4.78, 5) is 25.6. The molecule has 0 saturated carbocycles. The maximum atomic E-state index is 12.9. The number of benzene rings is 2. The highest BCUT2D eigenvalue weighted by Gasteiger charge is 2.33. The molecule has 24 heavy (non-hydrogen) atoms. The Kier molecular flexibility index (Phi) is 4.29. The fraction of sp³-hybridized carbons (Fsp3) is 0.100. The summed E-state index contributed by atoms with van der Waals surface area (Å²) < 4.78 is 11.2. The number of ketones is 2. The van der Waals surface area contributed by atoms with E-state index in [-0.39, 0.29) is 36.1 Å². The number of carbonyl (C=O) groups is 2. The minimum Gasteiger partial charge on any atom is -0.486 e. The number of hydrogen-bond donors (Lipinski definition) is 0. The quantitative estimate of drug-likeness (QED) is 0.651. The summed E-state index contributed by atoms with van der Waals surface area (Å²) in [7, 11) is 0. The molecule has 0 unspecified atom stereocenters. The summed E-state index contributed by atoms with van der Waals surface area (Å²) >= 11 is 0. The molecule has 0 bridgehead atoms. The second-order valence-corrected chi connectivity index (χ2v) is 5.22. The average molecular weight is 320 g/mol. The summed E-state index contributed by atoms with van der Waals surface area (Å²) in [6, 6.07) is 10.0. The van der Waals surface area contributed by atoms with Gasteiger partial charge in [0.05, 0.1) is 5.56 Å². The minimum absolute atomic E-state index is 0.195. The van der Waals surface area contributed by atoms with E-state index < -0.39 is 0 Å². The first-order chi connectivity index (χ1) is 11.7. The van der Waals surface area contributed by atoms with Gasteiger partial charge in [0, 0.05) is 16.7 Å². The highest BCUT2D eigenvalue weighted by molar-refractivity contribution is 6.29. The van der Waals surface area contributed by atoms with Crippen LogP contribution in [0.15, 0.2) is 61.7 Å². The lowest BCUT2D eigenvalue weighted by Gasteiger charge is -2.22. The lowest BCUT2D eigenvalue weighted by atomic mass is 9.83. The second kappa shape index (κ2) is 6.54. The Balaban J connectivity index is 2.19. The van der Waals surface area contributed by atoms with Crippen LogP contribution in [-0.4, -0.2) is 24.8 Å². The zero-order chi connectivity index (χ0) is 17.1. The van der Waals surface area contributed by atoms with E-state index >= 15 is 0 Å². The zero-order valence-electron chi connectivity index (χ0n) is 13.1. The van der Waals surface area contributed by atoms with E-state index in [1.165, 1.54) is 0 Å². The van der Waals surface area contributed by atoms with Crippen LogP contribution in [0.3, 0.4) is 0 Å². The molecule has 0 heterocycles. The van der Waals surface area contributed by atoms with E-state index in [2.05, 4.69) is 13.2 Å². The van der Waals surface area contributed by atoms with E-state index in [1.807, 2.05) is 0 Å². The lowest BCUT2D eigenvalue weighted by Crippen LogP contribution is -2.22. The van der Waals surface area contributed by atoms with E-state index in [9.17, 15) is 9.59 Å². The molecular weight excluding hydrogens is 304 g/mol. The van der Waals surface area contributed by atoms with Crippen molar-refractivity contribution in [2.45, 2.75) is 0 Å². The van der Waals surface area contributed by atoms with Gasteiger partial charge in [0.15, 0.2) is 23.1 Å². The Morgan fingerprint density at radius 3 is 2.08 bits per heavy atom. The predicted molar refractivity (Wildman–Crippen MR) is 91.1 cm³/mol. The SMILES string of the molecule is C=CCOc1ccc2c(c1OCC=C)C(=O)c1ccccc1C2=O. The van der Waals surface area contributed by atoms with Crippen LogP contribution in [0, 0.1) is 0 Å². The predicted octanol–water partition coefficient (Wildman–Crippen LogP) is 3.59. The van der Waals surface area contributed by atoms with Gasteiger partial charge < -0.3 is 9.47 Å². The fourth-order valence-corrected chi connectivity index (χ4v) is 2.68. The molecule has 0 spiro atoms. The first-order valence-electron chi connectivity index (χ1n) is 7.51. The number of rotatable bonds is 6. The Morgan fingerprint density at radius 2 is 1.42 bits per heavy atom. The standard InChI is InChI=1S/C20H16O4/c1-3-11-23-16-10-9-15-17(20(16)24-12-4-2)19(22)14-8-6-5-7-13(14)18(15)21/h3-10H,1-2,11-12H2. The summed E-state index contributed by atoms with van der Waals surface area (Å²) in [6.45, 7) is 7.69. The van der Waals surface area contributed by atoms with Gasteiger partial charge in [0.25, 0.3) is 0 Å². The fourth-order valence-electron chi connectivity index (χ4n) is 2.68. The highest BCUT2D eigenvalue weighted by Crippen LogP contribution is 2.39. The Morgan fingerprint density at radius 1 is 0.792 bits per heavy atom. The van der Waals surface area contributed by atoms with Gasteiger partial charge in [0.2, 0.25) is 0 Å². The van der Waals surface area contributed by atoms with Crippen LogP contribution in [0.5, 0.6) is 11.5 Å². The molecule has 0 aromatic heterocycles. The molecule has 0 aliphatic heterocycles. The Labute approximate surface area is 140 Å². The van der Waals surface area contributed by atoms with Crippen LogP contribution in [0.1, 0.15) is 31.8 Å². The highest BCUT2D eigenvalue weighted by atomic mass is 16.5. The molecule has 0 fully saturated rings. The lowest BCUT2D eigenvalue weighted by molar-refractivity contribution is 0.0975. The molecule has 120 valence electrons. The summed E-state index contributed by atoms with van der Waals surface area (Å²) in [5, 5.41) is 0. The molecule has 0 atom stereocenters. The molecular formula is C20H16O4. The molecule has 0 radical (unpaired) electrons. The van der Waals surface area contributed by atoms with Gasteiger partial charge in [-0.1, -0.05) is 49.6 Å². The van der Waals surface area contributed by atoms with Gasteiger partial charge in [-0.25, -0.2) is 0 Å². The maximum absolute atomic E-state index is 12.9. The van der Waals surface area contributed by atoms with E-state index in [4.69, 9.17) is 9.47 Å². The summed E-state index contributed by atoms with van der Waals surface area (Å²) in [6.07, 6.45) is 3.17. The topological polar surface area (TPSA) is 52.6 Å². The Bertz CT molecular complexity index is 849. The van der Waals surface area contributed by atoms with E-state index in [0.717, 1.165) is 0 Å². The van der Waals surface area contributed by atoms with Gasteiger partial charge in [-0.2, -0.15) is 0 Å². The molecule has 0 amide bonds. The molecule has 2 aromatic carbocycles. The first-order valence-corrected chi connectivity index (χ1v) is 7.51. The number of ether oxygens (including phenoxy) is 2. The van der Waals surface area contributed by atoms with Crippen molar-refractivity contribution in [2.24, 2.45) is 0 Å². The van der Waals surface area contributed by atoms with Crippen molar-refractivity contribution in [3.8, 4) is 11.5 Å². The van der Waals surface area contributed by atoms with Crippen LogP contribution < -0.4 is 9.47 Å². The Hall–Kier alpha value is -3.14. The second-order valence-electron chi connectivity index (χ2n) is 5.22. The van der Waals surface area contributed by atoms with Crippen molar-refractivity contribution in [2.75, 3.05) is 13.2 Å². The normalized spacial score (nSPS) is 12.2. The minimum atomic E-state index is -0.247. The van der Waals surface area contributed by atoms with Crippen molar-refractivity contribution >= 4 is 11.6 Å². The molecule has 4 heteroatoms. The molecule has 2 aromatic rings. The molecule has 1 aliphatic carbocycles. The summed E-state index contributed by atoms with van der Waals surface area (Å²) in [5.74, 6) is 0.223. The van der Waals surface area contributed by atoms with Crippen LogP contribution in [0.25, 0.3) is 0 Å². The number of fused-ring (bicyclic) bond motifs is 2. The molecule has 3 rings (SSSR count). The van der Waals surface area contributed by atoms with Crippen LogP contribution in [0.2, 0.25) is 0 Å². The van der Waals surface area contributed by atoms with Crippen LogP contribution in [-0.2, 0) is 0 Å². The van der Waals surface area contributed by atoms with Crippen LogP contribution in [0.4, 0.5) is 0 Å².